The van der Waals surface area contributed by atoms with E-state index in [1.165, 1.54) is 0 Å². The Hall–Kier alpha value is -1.10. The van der Waals surface area contributed by atoms with E-state index in [9.17, 15) is 4.79 Å². The van der Waals surface area contributed by atoms with Gasteiger partial charge in [-0.3, -0.25) is 0 Å². The van der Waals surface area contributed by atoms with E-state index in [1.54, 1.807) is 11.1 Å². The summed E-state index contributed by atoms with van der Waals surface area (Å²) in [5.41, 5.74) is 0.540. The molecule has 1 aromatic heterocycles. The second-order valence-corrected chi connectivity index (χ2v) is 6.17. The second kappa shape index (κ2) is 6.37. The zero-order valence-electron chi connectivity index (χ0n) is 12.1. The van der Waals surface area contributed by atoms with Crippen LogP contribution in [0.4, 0.5) is 4.79 Å². The molecule has 1 heterocycles. The summed E-state index contributed by atoms with van der Waals surface area (Å²) in [7, 11) is 0. The van der Waals surface area contributed by atoms with Gasteiger partial charge in [0.25, 0.3) is 0 Å². The molecule has 0 fully saturated rings. The summed E-state index contributed by atoms with van der Waals surface area (Å²) in [6, 6.07) is 3.76. The topological polar surface area (TPSA) is 42.4 Å². The van der Waals surface area contributed by atoms with E-state index in [1.807, 2.05) is 46.8 Å². The van der Waals surface area contributed by atoms with Crippen LogP contribution in [-0.4, -0.2) is 28.1 Å². The first kappa shape index (κ1) is 16.0. The normalized spacial score (nSPS) is 12.9. The Bertz CT molecular complexity index is 443. The third-order valence-corrected chi connectivity index (χ3v) is 3.10. The number of rotatable bonds is 3. The van der Waals surface area contributed by atoms with Crippen molar-refractivity contribution in [1.82, 2.24) is 9.88 Å². The van der Waals surface area contributed by atoms with Gasteiger partial charge in [0.15, 0.2) is 0 Å². The molecule has 1 aromatic rings. The summed E-state index contributed by atoms with van der Waals surface area (Å²) in [6.07, 6.45) is 1.43. The summed E-state index contributed by atoms with van der Waals surface area (Å²) in [5, 5.41) is 0. The number of carbonyl (C=O) groups is 1. The molecule has 0 aliphatic carbocycles. The average molecular weight is 329 g/mol. The van der Waals surface area contributed by atoms with E-state index in [0.29, 0.717) is 6.54 Å². The van der Waals surface area contributed by atoms with Crippen LogP contribution in [0.1, 0.15) is 46.2 Å². The minimum absolute atomic E-state index is 0.0563. The lowest BCUT2D eigenvalue weighted by Gasteiger charge is -2.31. The van der Waals surface area contributed by atoms with Gasteiger partial charge >= 0.3 is 6.09 Å². The fourth-order valence-corrected chi connectivity index (χ4v) is 2.12. The average Bonchev–Trinajstić information content (AvgIpc) is 2.27. The molecule has 1 atom stereocenters. The maximum Gasteiger partial charge on any atom is 0.410 e. The van der Waals surface area contributed by atoms with Crippen molar-refractivity contribution in [3.8, 4) is 0 Å². The zero-order valence-corrected chi connectivity index (χ0v) is 13.7. The van der Waals surface area contributed by atoms with E-state index in [4.69, 9.17) is 4.74 Å². The Balaban J connectivity index is 2.88. The van der Waals surface area contributed by atoms with E-state index < -0.39 is 5.60 Å². The number of aromatic nitrogens is 1. The first-order chi connectivity index (χ1) is 8.74. The van der Waals surface area contributed by atoms with Crippen molar-refractivity contribution in [3.05, 3.63) is 28.5 Å². The standard InChI is InChI=1S/C14H21BrN2O2/c1-6-17(13(18)19-14(3,4)5)10(2)11-7-8-16-12(15)9-11/h7-10H,6H2,1-5H3/t10-/m1/s1. The molecule has 0 bridgehead atoms. The smallest absolute Gasteiger partial charge is 0.410 e. The molecule has 1 rings (SSSR count). The van der Waals surface area contributed by atoms with Crippen molar-refractivity contribution >= 4 is 22.0 Å². The molecular weight excluding hydrogens is 308 g/mol. The lowest BCUT2D eigenvalue weighted by Crippen LogP contribution is -2.38. The minimum atomic E-state index is -0.483. The molecule has 0 N–H and O–H groups in total. The number of hydrogen-bond acceptors (Lipinski definition) is 3. The van der Waals surface area contributed by atoms with Gasteiger partial charge in [0, 0.05) is 12.7 Å². The molecule has 4 nitrogen and oxygen atoms in total. The van der Waals surface area contributed by atoms with E-state index in [2.05, 4.69) is 20.9 Å². The van der Waals surface area contributed by atoms with Crippen LogP contribution in [0.15, 0.2) is 22.9 Å². The summed E-state index contributed by atoms with van der Waals surface area (Å²) in [4.78, 5) is 18.0. The molecular formula is C14H21BrN2O2. The molecule has 19 heavy (non-hydrogen) atoms. The van der Waals surface area contributed by atoms with Crippen LogP contribution in [0, 0.1) is 0 Å². The van der Waals surface area contributed by atoms with Crippen LogP contribution >= 0.6 is 15.9 Å². The highest BCUT2D eigenvalue weighted by molar-refractivity contribution is 9.10. The van der Waals surface area contributed by atoms with E-state index in [-0.39, 0.29) is 12.1 Å². The zero-order chi connectivity index (χ0) is 14.6. The van der Waals surface area contributed by atoms with Gasteiger partial charge in [0.05, 0.1) is 6.04 Å². The Morgan fingerprint density at radius 2 is 2.16 bits per heavy atom. The number of pyridine rings is 1. The van der Waals surface area contributed by atoms with Crippen LogP contribution < -0.4 is 0 Å². The summed E-state index contributed by atoms with van der Waals surface area (Å²) in [5.74, 6) is 0. The highest BCUT2D eigenvalue weighted by Crippen LogP contribution is 2.23. The Kier molecular flexibility index (Phi) is 5.35. The van der Waals surface area contributed by atoms with Gasteiger partial charge < -0.3 is 9.64 Å². The number of hydrogen-bond donors (Lipinski definition) is 0. The molecule has 0 aliphatic rings. The minimum Gasteiger partial charge on any atom is -0.444 e. The van der Waals surface area contributed by atoms with Gasteiger partial charge in [0.1, 0.15) is 10.2 Å². The van der Waals surface area contributed by atoms with Crippen LogP contribution in [0.5, 0.6) is 0 Å². The summed E-state index contributed by atoms with van der Waals surface area (Å²) >= 11 is 3.34. The highest BCUT2D eigenvalue weighted by atomic mass is 79.9. The third-order valence-electron chi connectivity index (χ3n) is 2.67. The van der Waals surface area contributed by atoms with Gasteiger partial charge in [0.2, 0.25) is 0 Å². The molecule has 0 radical (unpaired) electrons. The van der Waals surface area contributed by atoms with Crippen LogP contribution in [0.25, 0.3) is 0 Å². The first-order valence-corrected chi connectivity index (χ1v) is 7.15. The molecule has 5 heteroatoms. The molecule has 0 aliphatic heterocycles. The first-order valence-electron chi connectivity index (χ1n) is 6.35. The number of nitrogens with zero attached hydrogens (tertiary/aromatic N) is 2. The van der Waals surface area contributed by atoms with Crippen molar-refractivity contribution in [2.24, 2.45) is 0 Å². The van der Waals surface area contributed by atoms with Crippen molar-refractivity contribution in [1.29, 1.82) is 0 Å². The Morgan fingerprint density at radius 1 is 1.53 bits per heavy atom. The summed E-state index contributed by atoms with van der Waals surface area (Å²) < 4.78 is 6.18. The monoisotopic (exact) mass is 328 g/mol. The van der Waals surface area contributed by atoms with Crippen molar-refractivity contribution in [2.75, 3.05) is 6.54 Å². The van der Waals surface area contributed by atoms with Gasteiger partial charge in [-0.1, -0.05) is 0 Å². The van der Waals surface area contributed by atoms with Gasteiger partial charge in [-0.2, -0.15) is 0 Å². The molecule has 1 amide bonds. The van der Waals surface area contributed by atoms with Gasteiger partial charge in [-0.05, 0) is 68.2 Å². The third kappa shape index (κ3) is 4.82. The number of halogens is 1. The molecule has 0 aromatic carbocycles. The van der Waals surface area contributed by atoms with Gasteiger partial charge in [-0.15, -0.1) is 0 Å². The molecule has 0 saturated heterocycles. The highest BCUT2D eigenvalue weighted by Gasteiger charge is 2.25. The largest absolute Gasteiger partial charge is 0.444 e. The maximum atomic E-state index is 12.2. The predicted molar refractivity (Wildman–Crippen MR) is 79.0 cm³/mol. The molecule has 0 unspecified atom stereocenters. The quantitative estimate of drug-likeness (QED) is 0.782. The molecule has 106 valence electrons. The van der Waals surface area contributed by atoms with Crippen LogP contribution in [0.2, 0.25) is 0 Å². The van der Waals surface area contributed by atoms with Crippen molar-refractivity contribution < 1.29 is 9.53 Å². The lowest BCUT2D eigenvalue weighted by atomic mass is 10.1. The van der Waals surface area contributed by atoms with Gasteiger partial charge in [-0.25, -0.2) is 9.78 Å². The summed E-state index contributed by atoms with van der Waals surface area (Å²) in [6.45, 7) is 10.1. The second-order valence-electron chi connectivity index (χ2n) is 5.35. The predicted octanol–water partition coefficient (Wildman–Crippen LogP) is 4.16. The number of ether oxygens (including phenoxy) is 1. The fraction of sp³-hybridized carbons (Fsp3) is 0.571. The fourth-order valence-electron chi connectivity index (χ4n) is 1.74. The Morgan fingerprint density at radius 3 is 2.63 bits per heavy atom. The van der Waals surface area contributed by atoms with E-state index >= 15 is 0 Å². The molecule has 0 spiro atoms. The van der Waals surface area contributed by atoms with Crippen LogP contribution in [0.3, 0.4) is 0 Å². The number of amides is 1. The van der Waals surface area contributed by atoms with Crippen molar-refractivity contribution in [3.63, 3.8) is 0 Å². The lowest BCUT2D eigenvalue weighted by molar-refractivity contribution is 0.0186. The van der Waals surface area contributed by atoms with Crippen LogP contribution in [-0.2, 0) is 4.74 Å². The molecule has 0 saturated carbocycles. The van der Waals surface area contributed by atoms with Crippen molar-refractivity contribution in [2.45, 2.75) is 46.3 Å². The number of carbonyl (C=O) groups excluding carboxylic acids is 1. The van der Waals surface area contributed by atoms with E-state index in [0.717, 1.165) is 10.2 Å². The Labute approximate surface area is 123 Å². The SMILES string of the molecule is CCN(C(=O)OC(C)(C)C)[C@H](C)c1ccnc(Br)c1. The maximum absolute atomic E-state index is 12.2.